The van der Waals surface area contributed by atoms with Gasteiger partial charge in [-0.25, -0.2) is 4.79 Å². The number of hydrogen-bond acceptors (Lipinski definition) is 3. The van der Waals surface area contributed by atoms with Crippen molar-refractivity contribution in [2.75, 3.05) is 6.54 Å². The van der Waals surface area contributed by atoms with Gasteiger partial charge in [-0.15, -0.1) is 0 Å². The van der Waals surface area contributed by atoms with Crippen molar-refractivity contribution in [1.82, 2.24) is 10.2 Å². The molecule has 0 aromatic carbocycles. The number of hydrogen-bond donors (Lipinski definition) is 3. The van der Waals surface area contributed by atoms with Gasteiger partial charge in [0.05, 0.1) is 6.20 Å². The summed E-state index contributed by atoms with van der Waals surface area (Å²) in [6, 6.07) is 0. The minimum absolute atomic E-state index is 0.0831. The van der Waals surface area contributed by atoms with Gasteiger partial charge in [0.15, 0.2) is 5.69 Å². The maximum Gasteiger partial charge on any atom is 0.354 e. The van der Waals surface area contributed by atoms with E-state index in [0.717, 1.165) is 0 Å². The van der Waals surface area contributed by atoms with Crippen molar-refractivity contribution >= 4 is 12.0 Å². The first kappa shape index (κ1) is 8.48. The van der Waals surface area contributed by atoms with Crippen molar-refractivity contribution in [1.29, 1.82) is 0 Å². The van der Waals surface area contributed by atoms with Gasteiger partial charge in [-0.3, -0.25) is 5.10 Å². The number of aromatic nitrogens is 2. The van der Waals surface area contributed by atoms with Gasteiger partial charge in [0.25, 0.3) is 0 Å². The summed E-state index contributed by atoms with van der Waals surface area (Å²) < 4.78 is 0. The molecule has 1 rings (SSSR count). The van der Waals surface area contributed by atoms with E-state index in [1.54, 1.807) is 12.2 Å². The largest absolute Gasteiger partial charge is 0.477 e. The third-order valence-corrected chi connectivity index (χ3v) is 1.32. The number of carbonyl (C=O) groups is 1. The lowest BCUT2D eigenvalue weighted by molar-refractivity contribution is 0.0690. The summed E-state index contributed by atoms with van der Waals surface area (Å²) in [5, 5.41) is 14.6. The first-order valence-electron chi connectivity index (χ1n) is 3.39. The van der Waals surface area contributed by atoms with E-state index in [0.29, 0.717) is 12.1 Å². The number of carboxylic acids is 1. The van der Waals surface area contributed by atoms with Crippen LogP contribution >= 0.6 is 0 Å². The molecule has 1 heterocycles. The molecule has 0 bridgehead atoms. The zero-order chi connectivity index (χ0) is 8.97. The van der Waals surface area contributed by atoms with E-state index >= 15 is 0 Å². The Hall–Kier alpha value is -1.62. The van der Waals surface area contributed by atoms with Gasteiger partial charge in [-0.1, -0.05) is 12.2 Å². The van der Waals surface area contributed by atoms with Crippen LogP contribution < -0.4 is 5.73 Å². The number of aromatic amines is 1. The summed E-state index contributed by atoms with van der Waals surface area (Å²) in [5.41, 5.74) is 5.82. The maximum absolute atomic E-state index is 10.5. The summed E-state index contributed by atoms with van der Waals surface area (Å²) >= 11 is 0. The lowest BCUT2D eigenvalue weighted by atomic mass is 10.2. The third kappa shape index (κ3) is 1.70. The zero-order valence-corrected chi connectivity index (χ0v) is 6.32. The van der Waals surface area contributed by atoms with E-state index in [9.17, 15) is 4.79 Å². The molecule has 0 saturated carbocycles. The Morgan fingerprint density at radius 3 is 3.17 bits per heavy atom. The van der Waals surface area contributed by atoms with Crippen molar-refractivity contribution in [3.05, 3.63) is 23.5 Å². The molecule has 0 unspecified atom stereocenters. The van der Waals surface area contributed by atoms with Crippen LogP contribution in [0.1, 0.15) is 16.1 Å². The Morgan fingerprint density at radius 2 is 2.58 bits per heavy atom. The van der Waals surface area contributed by atoms with Crippen LogP contribution in [0.15, 0.2) is 12.3 Å². The topological polar surface area (TPSA) is 92.0 Å². The highest BCUT2D eigenvalue weighted by atomic mass is 16.4. The number of nitrogens with two attached hydrogens (primary N) is 1. The highest BCUT2D eigenvalue weighted by Gasteiger charge is 2.08. The van der Waals surface area contributed by atoms with Crippen molar-refractivity contribution < 1.29 is 9.90 Å². The first-order chi connectivity index (χ1) is 5.75. The number of carboxylic acid groups (broad SMARTS) is 1. The summed E-state index contributed by atoms with van der Waals surface area (Å²) in [6.45, 7) is 0.379. The minimum atomic E-state index is -1.02. The molecule has 4 N–H and O–H groups in total. The Balaban J connectivity index is 2.91. The summed E-state index contributed by atoms with van der Waals surface area (Å²) in [4.78, 5) is 10.5. The van der Waals surface area contributed by atoms with E-state index in [1.165, 1.54) is 6.20 Å². The SMILES string of the molecule is NCC=Cc1cn[nH]c1C(=O)O. The standard InChI is InChI=1S/C7H9N3O2/c8-3-1-2-5-4-9-10-6(5)7(11)12/h1-2,4H,3,8H2,(H,9,10)(H,11,12). The predicted molar refractivity (Wildman–Crippen MR) is 43.6 cm³/mol. The van der Waals surface area contributed by atoms with Gasteiger partial charge in [0.2, 0.25) is 0 Å². The fourth-order valence-corrected chi connectivity index (χ4v) is 0.788. The van der Waals surface area contributed by atoms with Crippen molar-refractivity contribution in [3.63, 3.8) is 0 Å². The van der Waals surface area contributed by atoms with Crippen LogP contribution in [-0.2, 0) is 0 Å². The average molecular weight is 167 g/mol. The Morgan fingerprint density at radius 1 is 1.83 bits per heavy atom. The van der Waals surface area contributed by atoms with Crippen molar-refractivity contribution in [3.8, 4) is 0 Å². The van der Waals surface area contributed by atoms with E-state index in [2.05, 4.69) is 10.2 Å². The van der Waals surface area contributed by atoms with Crippen LogP contribution in [0.3, 0.4) is 0 Å². The molecule has 0 radical (unpaired) electrons. The highest BCUT2D eigenvalue weighted by Crippen LogP contribution is 2.05. The van der Waals surface area contributed by atoms with Gasteiger partial charge >= 0.3 is 5.97 Å². The second-order valence-corrected chi connectivity index (χ2v) is 2.14. The van der Waals surface area contributed by atoms with E-state index in [1.807, 2.05) is 0 Å². The molecule has 64 valence electrons. The molecule has 12 heavy (non-hydrogen) atoms. The Bertz CT molecular complexity index is 303. The van der Waals surface area contributed by atoms with Gasteiger partial charge in [-0.2, -0.15) is 5.10 Å². The van der Waals surface area contributed by atoms with Gasteiger partial charge in [0.1, 0.15) is 0 Å². The summed E-state index contributed by atoms with van der Waals surface area (Å²) in [7, 11) is 0. The summed E-state index contributed by atoms with van der Waals surface area (Å²) in [6.07, 6.45) is 4.72. The van der Waals surface area contributed by atoms with Crippen LogP contribution in [-0.4, -0.2) is 27.8 Å². The zero-order valence-electron chi connectivity index (χ0n) is 6.32. The van der Waals surface area contributed by atoms with Crippen LogP contribution in [0.25, 0.3) is 6.08 Å². The lowest BCUT2D eigenvalue weighted by Gasteiger charge is -1.89. The molecule has 1 aromatic heterocycles. The molecule has 0 fully saturated rings. The van der Waals surface area contributed by atoms with Gasteiger partial charge in [-0.05, 0) is 0 Å². The molecule has 5 nitrogen and oxygen atoms in total. The van der Waals surface area contributed by atoms with Gasteiger partial charge in [0, 0.05) is 12.1 Å². The molecule has 0 amide bonds. The molecule has 0 atom stereocenters. The second-order valence-electron chi connectivity index (χ2n) is 2.14. The number of H-pyrrole nitrogens is 1. The van der Waals surface area contributed by atoms with E-state index in [4.69, 9.17) is 10.8 Å². The fraction of sp³-hybridized carbons (Fsp3) is 0.143. The van der Waals surface area contributed by atoms with Crippen LogP contribution in [0.4, 0.5) is 0 Å². The quantitative estimate of drug-likeness (QED) is 0.594. The normalized spacial score (nSPS) is 10.8. The number of aromatic carboxylic acids is 1. The molecule has 0 aliphatic carbocycles. The summed E-state index contributed by atoms with van der Waals surface area (Å²) in [5.74, 6) is -1.02. The van der Waals surface area contributed by atoms with E-state index in [-0.39, 0.29) is 5.69 Å². The molecule has 0 aliphatic rings. The van der Waals surface area contributed by atoms with Crippen LogP contribution in [0.5, 0.6) is 0 Å². The monoisotopic (exact) mass is 167 g/mol. The smallest absolute Gasteiger partial charge is 0.354 e. The molecule has 0 saturated heterocycles. The second kappa shape index (κ2) is 3.68. The average Bonchev–Trinajstić information content (AvgIpc) is 2.48. The molecule has 1 aromatic rings. The first-order valence-corrected chi connectivity index (χ1v) is 3.39. The maximum atomic E-state index is 10.5. The van der Waals surface area contributed by atoms with Crippen LogP contribution in [0.2, 0.25) is 0 Å². The molecular weight excluding hydrogens is 158 g/mol. The van der Waals surface area contributed by atoms with Crippen LogP contribution in [0, 0.1) is 0 Å². The third-order valence-electron chi connectivity index (χ3n) is 1.32. The van der Waals surface area contributed by atoms with Crippen molar-refractivity contribution in [2.45, 2.75) is 0 Å². The number of rotatable bonds is 3. The van der Waals surface area contributed by atoms with Crippen molar-refractivity contribution in [2.24, 2.45) is 5.73 Å². The molecule has 5 heteroatoms. The van der Waals surface area contributed by atoms with E-state index < -0.39 is 5.97 Å². The predicted octanol–water partition coefficient (Wildman–Crippen LogP) is 0.0798. The Kier molecular flexibility index (Phi) is 2.60. The molecular formula is C7H9N3O2. The Labute approximate surface area is 68.9 Å². The van der Waals surface area contributed by atoms with Gasteiger partial charge < -0.3 is 10.8 Å². The minimum Gasteiger partial charge on any atom is -0.477 e. The molecule has 0 spiro atoms. The number of nitrogens with one attached hydrogen (secondary N) is 1. The molecule has 0 aliphatic heterocycles. The fourth-order valence-electron chi connectivity index (χ4n) is 0.788. The highest BCUT2D eigenvalue weighted by molar-refractivity contribution is 5.89. The lowest BCUT2D eigenvalue weighted by Crippen LogP contribution is -1.99. The number of nitrogens with zero attached hydrogens (tertiary/aromatic N) is 1.